The van der Waals surface area contributed by atoms with Crippen molar-refractivity contribution in [1.29, 1.82) is 0 Å². The Bertz CT molecular complexity index is 515. The summed E-state index contributed by atoms with van der Waals surface area (Å²) < 4.78 is 4.83. The summed E-state index contributed by atoms with van der Waals surface area (Å²) in [6, 6.07) is -0.254. The molecule has 1 unspecified atom stereocenters. The van der Waals surface area contributed by atoms with Gasteiger partial charge in [0.15, 0.2) is 5.82 Å². The largest absolute Gasteiger partial charge is 0.481 e. The molecule has 1 saturated heterocycles. The summed E-state index contributed by atoms with van der Waals surface area (Å²) in [4.78, 5) is 28.6. The van der Waals surface area contributed by atoms with Gasteiger partial charge in [0.1, 0.15) is 0 Å². The van der Waals surface area contributed by atoms with Crippen LogP contribution < -0.4 is 5.32 Å². The van der Waals surface area contributed by atoms with Crippen molar-refractivity contribution in [2.75, 3.05) is 19.6 Å². The lowest BCUT2D eigenvalue weighted by molar-refractivity contribution is -0.146. The number of amides is 2. The fraction of sp³-hybridized carbons (Fsp3) is 0.667. The number of aryl methyl sites for hydroxylation is 1. The Balaban J connectivity index is 1.77. The number of urea groups is 1. The van der Waals surface area contributed by atoms with Crippen LogP contribution in [0.5, 0.6) is 0 Å². The van der Waals surface area contributed by atoms with Crippen molar-refractivity contribution < 1.29 is 19.2 Å². The summed E-state index contributed by atoms with van der Waals surface area (Å²) in [6.45, 7) is 4.43. The van der Waals surface area contributed by atoms with E-state index >= 15 is 0 Å². The van der Waals surface area contributed by atoms with Crippen molar-refractivity contribution in [1.82, 2.24) is 20.4 Å². The van der Waals surface area contributed by atoms with E-state index in [1.165, 1.54) is 4.90 Å². The quantitative estimate of drug-likeness (QED) is 0.828. The number of carbonyl (C=O) groups excluding carboxylic acids is 1. The summed E-state index contributed by atoms with van der Waals surface area (Å²) in [5, 5.41) is 15.6. The Kier molecular flexibility index (Phi) is 3.91. The molecule has 2 rings (SSSR count). The Morgan fingerprint density at radius 2 is 2.30 bits per heavy atom. The van der Waals surface area contributed by atoms with Crippen LogP contribution in [0.3, 0.4) is 0 Å². The van der Waals surface area contributed by atoms with E-state index in [4.69, 9.17) is 9.63 Å². The number of hydrogen-bond donors (Lipinski definition) is 2. The topological polar surface area (TPSA) is 109 Å². The second-order valence-corrected chi connectivity index (χ2v) is 5.25. The molecule has 1 aromatic rings. The van der Waals surface area contributed by atoms with E-state index in [-0.39, 0.29) is 12.6 Å². The fourth-order valence-corrected chi connectivity index (χ4v) is 2.14. The highest BCUT2D eigenvalue weighted by Crippen LogP contribution is 2.29. The first kappa shape index (κ1) is 14.3. The molecule has 1 atom stereocenters. The predicted octanol–water partition coefficient (Wildman–Crippen LogP) is 0.427. The molecule has 8 heteroatoms. The number of rotatable bonds is 4. The third-order valence-electron chi connectivity index (χ3n) is 3.47. The molecule has 1 aromatic heterocycles. The van der Waals surface area contributed by atoms with Gasteiger partial charge in [-0.05, 0) is 13.3 Å². The van der Waals surface area contributed by atoms with Crippen LogP contribution in [0, 0.1) is 12.3 Å². The molecule has 0 radical (unpaired) electrons. The number of carboxylic acid groups (broad SMARTS) is 1. The van der Waals surface area contributed by atoms with Gasteiger partial charge in [-0.15, -0.1) is 0 Å². The molecule has 0 spiro atoms. The van der Waals surface area contributed by atoms with Crippen LogP contribution >= 0.6 is 0 Å². The Morgan fingerprint density at radius 3 is 2.85 bits per heavy atom. The lowest BCUT2D eigenvalue weighted by atomic mass is 9.90. The molecule has 0 bridgehead atoms. The fourth-order valence-electron chi connectivity index (χ4n) is 2.14. The van der Waals surface area contributed by atoms with E-state index in [2.05, 4.69) is 15.5 Å². The molecule has 1 aliphatic heterocycles. The zero-order valence-corrected chi connectivity index (χ0v) is 11.5. The van der Waals surface area contributed by atoms with Crippen LogP contribution in [-0.2, 0) is 11.2 Å². The highest BCUT2D eigenvalue weighted by atomic mass is 16.5. The van der Waals surface area contributed by atoms with E-state index in [0.29, 0.717) is 37.6 Å². The Morgan fingerprint density at radius 1 is 1.55 bits per heavy atom. The second-order valence-electron chi connectivity index (χ2n) is 5.25. The molecule has 0 aromatic carbocycles. The Hall–Kier alpha value is -2.12. The third kappa shape index (κ3) is 3.06. The number of carboxylic acids is 1. The molecule has 1 fully saturated rings. The molecular formula is C12H18N4O4. The van der Waals surface area contributed by atoms with Crippen molar-refractivity contribution in [3.05, 3.63) is 11.7 Å². The maximum atomic E-state index is 11.9. The van der Waals surface area contributed by atoms with Gasteiger partial charge < -0.3 is 19.8 Å². The molecule has 2 heterocycles. The average molecular weight is 282 g/mol. The minimum absolute atomic E-state index is 0.232. The summed E-state index contributed by atoms with van der Waals surface area (Å²) in [5.41, 5.74) is -0.845. The molecule has 0 saturated carbocycles. The minimum atomic E-state index is -0.866. The molecule has 20 heavy (non-hydrogen) atoms. The van der Waals surface area contributed by atoms with E-state index in [1.54, 1.807) is 13.8 Å². The van der Waals surface area contributed by atoms with Crippen LogP contribution in [0.1, 0.15) is 25.1 Å². The van der Waals surface area contributed by atoms with Gasteiger partial charge in [0.25, 0.3) is 0 Å². The maximum absolute atomic E-state index is 11.9. The second kappa shape index (κ2) is 5.48. The highest BCUT2D eigenvalue weighted by molar-refractivity contribution is 5.79. The normalized spacial score (nSPS) is 22.0. The van der Waals surface area contributed by atoms with Crippen molar-refractivity contribution in [2.24, 2.45) is 5.41 Å². The average Bonchev–Trinajstić information content (AvgIpc) is 2.97. The van der Waals surface area contributed by atoms with Gasteiger partial charge in [-0.2, -0.15) is 4.98 Å². The first-order chi connectivity index (χ1) is 9.40. The van der Waals surface area contributed by atoms with Gasteiger partial charge >= 0.3 is 12.0 Å². The van der Waals surface area contributed by atoms with Gasteiger partial charge in [0, 0.05) is 33.0 Å². The van der Waals surface area contributed by atoms with Crippen molar-refractivity contribution in [3.63, 3.8) is 0 Å². The van der Waals surface area contributed by atoms with Crippen LogP contribution in [0.4, 0.5) is 4.79 Å². The van der Waals surface area contributed by atoms with Crippen molar-refractivity contribution in [2.45, 2.75) is 26.7 Å². The zero-order valence-electron chi connectivity index (χ0n) is 11.5. The van der Waals surface area contributed by atoms with Gasteiger partial charge in [-0.25, -0.2) is 4.79 Å². The first-order valence-electron chi connectivity index (χ1n) is 6.46. The number of nitrogens with zero attached hydrogens (tertiary/aromatic N) is 3. The number of carbonyl (C=O) groups is 2. The van der Waals surface area contributed by atoms with Crippen molar-refractivity contribution in [3.8, 4) is 0 Å². The maximum Gasteiger partial charge on any atom is 0.317 e. The SMILES string of the molecule is Cc1nc(CCNC(=O)N2CCC(C)(C(=O)O)C2)no1. The molecule has 8 nitrogen and oxygen atoms in total. The third-order valence-corrected chi connectivity index (χ3v) is 3.47. The van der Waals surface area contributed by atoms with Crippen LogP contribution in [0.2, 0.25) is 0 Å². The predicted molar refractivity (Wildman–Crippen MR) is 68.1 cm³/mol. The number of aliphatic carboxylic acids is 1. The number of nitrogens with one attached hydrogen (secondary N) is 1. The van der Waals surface area contributed by atoms with E-state index < -0.39 is 11.4 Å². The molecule has 2 N–H and O–H groups in total. The Labute approximate surface area is 116 Å². The summed E-state index contributed by atoms with van der Waals surface area (Å²) in [5.74, 6) is 0.165. The van der Waals surface area contributed by atoms with Crippen LogP contribution in [0.25, 0.3) is 0 Å². The molecule has 1 aliphatic rings. The standard InChI is InChI=1S/C12H18N4O4/c1-8-14-9(15-20-8)3-5-13-11(19)16-6-4-12(2,7-16)10(17)18/h3-7H2,1-2H3,(H,13,19)(H,17,18). The molecule has 2 amide bonds. The molecule has 110 valence electrons. The summed E-state index contributed by atoms with van der Waals surface area (Å²) in [7, 11) is 0. The van der Waals surface area contributed by atoms with Crippen LogP contribution in [-0.4, -0.2) is 51.8 Å². The zero-order chi connectivity index (χ0) is 14.8. The smallest absolute Gasteiger partial charge is 0.317 e. The highest BCUT2D eigenvalue weighted by Gasteiger charge is 2.42. The van der Waals surface area contributed by atoms with Gasteiger partial charge in [-0.3, -0.25) is 4.79 Å². The number of likely N-dealkylation sites (tertiary alicyclic amines) is 1. The first-order valence-corrected chi connectivity index (χ1v) is 6.46. The lowest BCUT2D eigenvalue weighted by Gasteiger charge is -2.20. The summed E-state index contributed by atoms with van der Waals surface area (Å²) in [6.07, 6.45) is 0.951. The monoisotopic (exact) mass is 282 g/mol. The summed E-state index contributed by atoms with van der Waals surface area (Å²) >= 11 is 0. The van der Waals surface area contributed by atoms with Gasteiger partial charge in [0.05, 0.1) is 5.41 Å². The van der Waals surface area contributed by atoms with E-state index in [0.717, 1.165) is 0 Å². The number of hydrogen-bond acceptors (Lipinski definition) is 5. The van der Waals surface area contributed by atoms with Gasteiger partial charge in [-0.1, -0.05) is 5.16 Å². The molecule has 0 aliphatic carbocycles. The molecular weight excluding hydrogens is 264 g/mol. The van der Waals surface area contributed by atoms with Gasteiger partial charge in [0.2, 0.25) is 5.89 Å². The lowest BCUT2D eigenvalue weighted by Crippen LogP contribution is -2.41. The minimum Gasteiger partial charge on any atom is -0.481 e. The van der Waals surface area contributed by atoms with Crippen molar-refractivity contribution >= 4 is 12.0 Å². The number of aromatic nitrogens is 2. The van der Waals surface area contributed by atoms with E-state index in [9.17, 15) is 9.59 Å². The van der Waals surface area contributed by atoms with E-state index in [1.807, 2.05) is 0 Å². The van der Waals surface area contributed by atoms with Crippen LogP contribution in [0.15, 0.2) is 4.52 Å².